The summed E-state index contributed by atoms with van der Waals surface area (Å²) in [6.45, 7) is 3.88. The molecule has 0 saturated heterocycles. The van der Waals surface area contributed by atoms with Crippen molar-refractivity contribution in [3.05, 3.63) is 41.5 Å². The highest BCUT2D eigenvalue weighted by Crippen LogP contribution is 2.30. The maximum Gasteiger partial charge on any atom is 0.240 e. The number of fused-ring (bicyclic) bond motifs is 1. The standard InChI is InChI=1S/C17H20N2O2/c1-11(2)20-17-15(18)8-9-16(19-17)21-14-7-6-12-4-3-5-13(12)10-14/h6-11H,3-5,18H2,1-2H3. The van der Waals surface area contributed by atoms with Gasteiger partial charge in [-0.1, -0.05) is 6.07 Å². The summed E-state index contributed by atoms with van der Waals surface area (Å²) in [5, 5.41) is 0. The topological polar surface area (TPSA) is 57.4 Å². The normalized spacial score (nSPS) is 13.3. The Morgan fingerprint density at radius 2 is 1.90 bits per heavy atom. The Bertz CT molecular complexity index is 653. The van der Waals surface area contributed by atoms with Crippen LogP contribution < -0.4 is 15.2 Å². The van der Waals surface area contributed by atoms with Gasteiger partial charge in [-0.15, -0.1) is 0 Å². The van der Waals surface area contributed by atoms with Crippen LogP contribution >= 0.6 is 0 Å². The Kier molecular flexibility index (Phi) is 3.69. The van der Waals surface area contributed by atoms with Crippen molar-refractivity contribution in [1.29, 1.82) is 0 Å². The molecule has 0 atom stereocenters. The SMILES string of the molecule is CC(C)Oc1nc(Oc2ccc3c(c2)CCC3)ccc1N. The number of hydrogen-bond acceptors (Lipinski definition) is 4. The van der Waals surface area contributed by atoms with E-state index in [1.54, 1.807) is 12.1 Å². The maximum atomic E-state index is 5.86. The molecule has 0 unspecified atom stereocenters. The van der Waals surface area contributed by atoms with E-state index in [2.05, 4.69) is 17.1 Å². The van der Waals surface area contributed by atoms with E-state index in [1.807, 2.05) is 19.9 Å². The number of pyridine rings is 1. The highest BCUT2D eigenvalue weighted by molar-refractivity contribution is 5.50. The minimum Gasteiger partial charge on any atom is -0.473 e. The van der Waals surface area contributed by atoms with Crippen LogP contribution in [0.25, 0.3) is 0 Å². The lowest BCUT2D eigenvalue weighted by molar-refractivity contribution is 0.232. The first-order valence-corrected chi connectivity index (χ1v) is 7.34. The maximum absolute atomic E-state index is 5.86. The van der Waals surface area contributed by atoms with Gasteiger partial charge in [0.2, 0.25) is 11.8 Å². The highest BCUT2D eigenvalue weighted by Gasteiger charge is 2.12. The number of nitrogens with two attached hydrogens (primary N) is 1. The Morgan fingerprint density at radius 1 is 1.10 bits per heavy atom. The van der Waals surface area contributed by atoms with Crippen LogP contribution in [0.1, 0.15) is 31.4 Å². The number of aromatic nitrogens is 1. The number of aryl methyl sites for hydroxylation is 2. The molecule has 0 spiro atoms. The third-order valence-corrected chi connectivity index (χ3v) is 3.50. The zero-order valence-electron chi connectivity index (χ0n) is 12.4. The van der Waals surface area contributed by atoms with E-state index in [1.165, 1.54) is 24.0 Å². The van der Waals surface area contributed by atoms with Crippen molar-refractivity contribution in [2.75, 3.05) is 5.73 Å². The molecule has 0 aliphatic heterocycles. The van der Waals surface area contributed by atoms with Gasteiger partial charge in [-0.25, -0.2) is 0 Å². The first kappa shape index (κ1) is 13.7. The van der Waals surface area contributed by atoms with Crippen molar-refractivity contribution in [1.82, 2.24) is 4.98 Å². The molecule has 21 heavy (non-hydrogen) atoms. The Labute approximate surface area is 124 Å². The summed E-state index contributed by atoms with van der Waals surface area (Å²) in [7, 11) is 0. The van der Waals surface area contributed by atoms with Crippen molar-refractivity contribution >= 4 is 5.69 Å². The second-order valence-corrected chi connectivity index (χ2v) is 5.60. The number of ether oxygens (including phenoxy) is 2. The fourth-order valence-electron chi connectivity index (χ4n) is 2.54. The number of rotatable bonds is 4. The summed E-state index contributed by atoms with van der Waals surface area (Å²) in [6, 6.07) is 9.75. The van der Waals surface area contributed by atoms with Crippen LogP contribution in [0.4, 0.5) is 5.69 Å². The largest absolute Gasteiger partial charge is 0.473 e. The van der Waals surface area contributed by atoms with Gasteiger partial charge in [-0.3, -0.25) is 0 Å². The lowest BCUT2D eigenvalue weighted by atomic mass is 10.1. The summed E-state index contributed by atoms with van der Waals surface area (Å²) in [6.07, 6.45) is 3.55. The molecule has 4 heteroatoms. The number of hydrogen-bond donors (Lipinski definition) is 1. The minimum absolute atomic E-state index is 0.0232. The molecule has 2 N–H and O–H groups in total. The van der Waals surface area contributed by atoms with E-state index in [4.69, 9.17) is 15.2 Å². The Hall–Kier alpha value is -2.23. The van der Waals surface area contributed by atoms with Gasteiger partial charge in [-0.2, -0.15) is 4.98 Å². The van der Waals surface area contributed by atoms with Gasteiger partial charge in [0, 0.05) is 6.07 Å². The average molecular weight is 284 g/mol. The van der Waals surface area contributed by atoms with Crippen LogP contribution in [0.15, 0.2) is 30.3 Å². The summed E-state index contributed by atoms with van der Waals surface area (Å²) in [5.41, 5.74) is 9.18. The molecule has 2 aromatic rings. The number of nitrogens with zero attached hydrogens (tertiary/aromatic N) is 1. The molecule has 1 aliphatic carbocycles. The van der Waals surface area contributed by atoms with Gasteiger partial charge in [0.15, 0.2) is 0 Å². The molecule has 1 aliphatic rings. The van der Waals surface area contributed by atoms with Crippen LogP contribution in [0.5, 0.6) is 17.5 Å². The van der Waals surface area contributed by atoms with Gasteiger partial charge >= 0.3 is 0 Å². The van der Waals surface area contributed by atoms with E-state index in [0.717, 1.165) is 12.2 Å². The van der Waals surface area contributed by atoms with Crippen molar-refractivity contribution in [3.8, 4) is 17.5 Å². The van der Waals surface area contributed by atoms with Gasteiger partial charge < -0.3 is 15.2 Å². The predicted octanol–water partition coefficient (Wildman–Crippen LogP) is 3.73. The molecule has 4 nitrogen and oxygen atoms in total. The van der Waals surface area contributed by atoms with Crippen molar-refractivity contribution in [2.24, 2.45) is 0 Å². The molecule has 0 amide bonds. The molecule has 3 rings (SSSR count). The number of anilines is 1. The summed E-state index contributed by atoms with van der Waals surface area (Å²) in [5.74, 6) is 1.73. The summed E-state index contributed by atoms with van der Waals surface area (Å²) >= 11 is 0. The molecule has 0 saturated carbocycles. The van der Waals surface area contributed by atoms with Crippen LogP contribution in [-0.2, 0) is 12.8 Å². The molecule has 0 fully saturated rings. The van der Waals surface area contributed by atoms with Gasteiger partial charge in [-0.05, 0) is 62.4 Å². The molecule has 110 valence electrons. The molecule has 1 aromatic heterocycles. The third kappa shape index (κ3) is 3.10. The lowest BCUT2D eigenvalue weighted by Gasteiger charge is -2.13. The van der Waals surface area contributed by atoms with E-state index in [0.29, 0.717) is 17.4 Å². The first-order chi connectivity index (χ1) is 10.1. The monoisotopic (exact) mass is 284 g/mol. The summed E-state index contributed by atoms with van der Waals surface area (Å²) < 4.78 is 11.4. The van der Waals surface area contributed by atoms with Gasteiger partial charge in [0.1, 0.15) is 5.75 Å². The molecule has 1 heterocycles. The fraction of sp³-hybridized carbons (Fsp3) is 0.353. The van der Waals surface area contributed by atoms with E-state index >= 15 is 0 Å². The summed E-state index contributed by atoms with van der Waals surface area (Å²) in [4.78, 5) is 4.33. The molecular weight excluding hydrogens is 264 g/mol. The van der Waals surface area contributed by atoms with Crippen LogP contribution in [-0.4, -0.2) is 11.1 Å². The lowest BCUT2D eigenvalue weighted by Crippen LogP contribution is -2.09. The van der Waals surface area contributed by atoms with E-state index in [-0.39, 0.29) is 6.10 Å². The second kappa shape index (κ2) is 5.64. The van der Waals surface area contributed by atoms with Crippen LogP contribution in [0, 0.1) is 0 Å². The third-order valence-electron chi connectivity index (χ3n) is 3.50. The predicted molar refractivity (Wildman–Crippen MR) is 83.0 cm³/mol. The van der Waals surface area contributed by atoms with Crippen molar-refractivity contribution in [2.45, 2.75) is 39.2 Å². The number of nitrogen functional groups attached to an aromatic ring is 1. The molecule has 1 aromatic carbocycles. The quantitative estimate of drug-likeness (QED) is 0.929. The van der Waals surface area contributed by atoms with Crippen molar-refractivity contribution in [3.63, 3.8) is 0 Å². The van der Waals surface area contributed by atoms with Crippen molar-refractivity contribution < 1.29 is 9.47 Å². The van der Waals surface area contributed by atoms with E-state index in [9.17, 15) is 0 Å². The zero-order chi connectivity index (χ0) is 14.8. The van der Waals surface area contributed by atoms with Crippen LogP contribution in [0.2, 0.25) is 0 Å². The van der Waals surface area contributed by atoms with Crippen LogP contribution in [0.3, 0.4) is 0 Å². The minimum atomic E-state index is 0.0232. The Balaban J connectivity index is 1.81. The van der Waals surface area contributed by atoms with Gasteiger partial charge in [0.05, 0.1) is 11.8 Å². The smallest absolute Gasteiger partial charge is 0.240 e. The second-order valence-electron chi connectivity index (χ2n) is 5.60. The average Bonchev–Trinajstić information content (AvgIpc) is 2.89. The molecular formula is C17H20N2O2. The first-order valence-electron chi connectivity index (χ1n) is 7.34. The Morgan fingerprint density at radius 3 is 2.71 bits per heavy atom. The highest BCUT2D eigenvalue weighted by atomic mass is 16.5. The number of benzene rings is 1. The van der Waals surface area contributed by atoms with E-state index < -0.39 is 0 Å². The molecule has 0 radical (unpaired) electrons. The van der Waals surface area contributed by atoms with Gasteiger partial charge in [0.25, 0.3) is 0 Å². The fourth-order valence-corrected chi connectivity index (χ4v) is 2.54. The molecule has 0 bridgehead atoms. The zero-order valence-corrected chi connectivity index (χ0v) is 12.4.